The summed E-state index contributed by atoms with van der Waals surface area (Å²) in [5.41, 5.74) is 0.551. The first-order chi connectivity index (χ1) is 13.3. The van der Waals surface area contributed by atoms with Gasteiger partial charge in [0.05, 0.1) is 27.6 Å². The van der Waals surface area contributed by atoms with Crippen molar-refractivity contribution in [3.8, 4) is 17.2 Å². The lowest BCUT2D eigenvalue weighted by molar-refractivity contribution is -0.116. The van der Waals surface area contributed by atoms with Gasteiger partial charge >= 0.3 is 0 Å². The van der Waals surface area contributed by atoms with Crippen LogP contribution in [0.4, 0.5) is 5.69 Å². The number of carbonyl (C=O) groups is 1. The maximum absolute atomic E-state index is 12.4. The quantitative estimate of drug-likeness (QED) is 0.621. The van der Waals surface area contributed by atoms with Gasteiger partial charge in [0.25, 0.3) is 0 Å². The number of anilines is 1. The molecule has 0 aromatic heterocycles. The van der Waals surface area contributed by atoms with Crippen LogP contribution in [0.25, 0.3) is 0 Å². The van der Waals surface area contributed by atoms with Crippen LogP contribution in [0.5, 0.6) is 17.2 Å². The number of amides is 1. The van der Waals surface area contributed by atoms with Gasteiger partial charge in [0.1, 0.15) is 0 Å². The molecule has 0 spiro atoms. The van der Waals surface area contributed by atoms with Crippen molar-refractivity contribution in [3.63, 3.8) is 0 Å². The monoisotopic (exact) mass is 415 g/mol. The molecule has 0 radical (unpaired) electrons. The van der Waals surface area contributed by atoms with Crippen LogP contribution in [0.15, 0.2) is 12.1 Å². The van der Waals surface area contributed by atoms with Crippen molar-refractivity contribution in [2.75, 3.05) is 52.5 Å². The first kappa shape index (κ1) is 22.3. The van der Waals surface area contributed by atoms with Gasteiger partial charge in [0, 0.05) is 43.4 Å². The van der Waals surface area contributed by atoms with Crippen molar-refractivity contribution in [2.24, 2.45) is 0 Å². The van der Waals surface area contributed by atoms with Gasteiger partial charge in [-0.25, -0.2) is 13.1 Å². The molecular formula is C18H29N3O6S. The highest BCUT2D eigenvalue weighted by Gasteiger charge is 2.22. The third-order valence-electron chi connectivity index (χ3n) is 4.49. The van der Waals surface area contributed by atoms with Gasteiger partial charge in [-0.3, -0.25) is 4.79 Å². The zero-order valence-corrected chi connectivity index (χ0v) is 17.6. The molecule has 0 aliphatic carbocycles. The fourth-order valence-electron chi connectivity index (χ4n) is 3.29. The summed E-state index contributed by atoms with van der Waals surface area (Å²) in [6, 6.07) is 3.24. The number of ether oxygens (including phenoxy) is 3. The molecule has 1 atom stereocenters. The molecule has 2 N–H and O–H groups in total. The van der Waals surface area contributed by atoms with E-state index in [4.69, 9.17) is 14.2 Å². The number of piperidine rings is 1. The number of likely N-dealkylation sites (tertiary alicyclic amines) is 1. The van der Waals surface area contributed by atoms with Crippen LogP contribution in [-0.4, -0.2) is 72.5 Å². The molecule has 0 bridgehead atoms. The SMILES string of the molecule is COc1cc(NC(=O)CCN2CCCC(NS(C)(=O)=O)C2)cc(OC)c1OC. The Bertz CT molecular complexity index is 759. The van der Waals surface area contributed by atoms with Crippen LogP contribution in [-0.2, 0) is 14.8 Å². The fraction of sp³-hybridized carbons (Fsp3) is 0.611. The predicted octanol–water partition coefficient (Wildman–Crippen LogP) is 1.05. The zero-order valence-electron chi connectivity index (χ0n) is 16.8. The minimum Gasteiger partial charge on any atom is -0.493 e. The van der Waals surface area contributed by atoms with Crippen molar-refractivity contribution < 1.29 is 27.4 Å². The van der Waals surface area contributed by atoms with Crippen molar-refractivity contribution in [3.05, 3.63) is 12.1 Å². The first-order valence-electron chi connectivity index (χ1n) is 9.05. The Morgan fingerprint density at radius 1 is 1.18 bits per heavy atom. The minimum atomic E-state index is -3.23. The third-order valence-corrected chi connectivity index (χ3v) is 5.25. The summed E-state index contributed by atoms with van der Waals surface area (Å²) < 4.78 is 41.3. The Balaban J connectivity index is 1.92. The van der Waals surface area contributed by atoms with E-state index in [2.05, 4.69) is 14.9 Å². The lowest BCUT2D eigenvalue weighted by Crippen LogP contribution is -2.47. The predicted molar refractivity (Wildman–Crippen MR) is 107 cm³/mol. The van der Waals surface area contributed by atoms with E-state index in [0.29, 0.717) is 42.4 Å². The van der Waals surface area contributed by atoms with Crippen LogP contribution in [0.2, 0.25) is 0 Å². The van der Waals surface area contributed by atoms with E-state index in [1.807, 2.05) is 0 Å². The van der Waals surface area contributed by atoms with Gasteiger partial charge in [-0.1, -0.05) is 0 Å². The molecule has 1 aromatic rings. The second-order valence-electron chi connectivity index (χ2n) is 6.74. The molecule has 1 fully saturated rings. The lowest BCUT2D eigenvalue weighted by atomic mass is 10.1. The molecular weight excluding hydrogens is 386 g/mol. The van der Waals surface area contributed by atoms with Gasteiger partial charge in [0.15, 0.2) is 11.5 Å². The topological polar surface area (TPSA) is 106 Å². The number of benzene rings is 1. The van der Waals surface area contributed by atoms with Gasteiger partial charge in [-0.2, -0.15) is 0 Å². The van der Waals surface area contributed by atoms with Crippen molar-refractivity contribution in [1.82, 2.24) is 9.62 Å². The Morgan fingerprint density at radius 2 is 1.82 bits per heavy atom. The van der Waals surface area contributed by atoms with E-state index in [9.17, 15) is 13.2 Å². The zero-order chi connectivity index (χ0) is 20.7. The second-order valence-corrected chi connectivity index (χ2v) is 8.52. The second kappa shape index (κ2) is 9.94. The third kappa shape index (κ3) is 6.54. The Labute approximate surface area is 166 Å². The smallest absolute Gasteiger partial charge is 0.225 e. The average Bonchev–Trinajstić information content (AvgIpc) is 2.64. The molecule has 2 rings (SSSR count). The van der Waals surface area contributed by atoms with Crippen molar-refractivity contribution >= 4 is 21.6 Å². The highest BCUT2D eigenvalue weighted by atomic mass is 32.2. The molecule has 1 heterocycles. The molecule has 0 saturated carbocycles. The summed E-state index contributed by atoms with van der Waals surface area (Å²) in [6.07, 6.45) is 3.15. The highest BCUT2D eigenvalue weighted by molar-refractivity contribution is 7.88. The molecule has 28 heavy (non-hydrogen) atoms. The van der Waals surface area contributed by atoms with Crippen LogP contribution in [0.3, 0.4) is 0 Å². The normalized spacial score (nSPS) is 17.8. The van der Waals surface area contributed by atoms with Crippen LogP contribution >= 0.6 is 0 Å². The van der Waals surface area contributed by atoms with E-state index in [0.717, 1.165) is 25.6 Å². The summed E-state index contributed by atoms with van der Waals surface area (Å²) in [6.45, 7) is 2.00. The first-order valence-corrected chi connectivity index (χ1v) is 10.9. The van der Waals surface area contributed by atoms with Gasteiger partial charge in [-0.15, -0.1) is 0 Å². The Hall–Kier alpha value is -2.04. The molecule has 1 saturated heterocycles. The van der Waals surface area contributed by atoms with E-state index in [-0.39, 0.29) is 11.9 Å². The summed E-state index contributed by atoms with van der Waals surface area (Å²) in [4.78, 5) is 14.5. The Kier molecular flexibility index (Phi) is 7.90. The summed E-state index contributed by atoms with van der Waals surface area (Å²) in [5.74, 6) is 1.24. The number of methoxy groups -OCH3 is 3. The summed E-state index contributed by atoms with van der Waals surface area (Å²) >= 11 is 0. The number of rotatable bonds is 9. The number of hydrogen-bond acceptors (Lipinski definition) is 7. The number of hydrogen-bond donors (Lipinski definition) is 2. The van der Waals surface area contributed by atoms with E-state index < -0.39 is 10.0 Å². The number of carbonyl (C=O) groups excluding carboxylic acids is 1. The van der Waals surface area contributed by atoms with Crippen molar-refractivity contribution in [1.29, 1.82) is 0 Å². The lowest BCUT2D eigenvalue weighted by Gasteiger charge is -2.32. The van der Waals surface area contributed by atoms with Crippen LogP contribution < -0.4 is 24.2 Å². The van der Waals surface area contributed by atoms with E-state index >= 15 is 0 Å². The molecule has 10 heteroatoms. The molecule has 158 valence electrons. The molecule has 1 aliphatic heterocycles. The molecule has 1 aliphatic rings. The van der Waals surface area contributed by atoms with E-state index in [1.165, 1.54) is 21.3 Å². The van der Waals surface area contributed by atoms with Gasteiger partial charge in [0.2, 0.25) is 21.7 Å². The average molecular weight is 416 g/mol. The van der Waals surface area contributed by atoms with E-state index in [1.54, 1.807) is 12.1 Å². The molecule has 1 aromatic carbocycles. The number of sulfonamides is 1. The minimum absolute atomic E-state index is 0.109. The molecule has 1 unspecified atom stereocenters. The van der Waals surface area contributed by atoms with Crippen LogP contribution in [0.1, 0.15) is 19.3 Å². The maximum Gasteiger partial charge on any atom is 0.225 e. The summed E-state index contributed by atoms with van der Waals surface area (Å²) in [7, 11) is 1.32. The van der Waals surface area contributed by atoms with Gasteiger partial charge in [-0.05, 0) is 19.4 Å². The summed E-state index contributed by atoms with van der Waals surface area (Å²) in [5, 5.41) is 2.84. The number of nitrogens with one attached hydrogen (secondary N) is 2. The van der Waals surface area contributed by atoms with Gasteiger partial charge < -0.3 is 24.4 Å². The largest absolute Gasteiger partial charge is 0.493 e. The molecule has 1 amide bonds. The van der Waals surface area contributed by atoms with Crippen LogP contribution in [0, 0.1) is 0 Å². The maximum atomic E-state index is 12.4. The molecule has 9 nitrogen and oxygen atoms in total. The number of nitrogens with zero attached hydrogens (tertiary/aromatic N) is 1. The van der Waals surface area contributed by atoms with Crippen molar-refractivity contribution in [2.45, 2.75) is 25.3 Å². The standard InChI is InChI=1S/C18H29N3O6S/c1-25-15-10-14(11-16(26-2)18(15)27-3)19-17(22)7-9-21-8-5-6-13(12-21)20-28(4,23)24/h10-11,13,20H,5-9,12H2,1-4H3,(H,19,22). The Morgan fingerprint density at radius 3 is 2.36 bits per heavy atom. The highest BCUT2D eigenvalue weighted by Crippen LogP contribution is 2.39. The fourth-order valence-corrected chi connectivity index (χ4v) is 4.09.